The normalized spacial score (nSPS) is 15.3. The van der Waals surface area contributed by atoms with Gasteiger partial charge in [0.25, 0.3) is 5.91 Å². The number of hydrogen-bond donors (Lipinski definition) is 3. The van der Waals surface area contributed by atoms with Crippen LogP contribution in [0.3, 0.4) is 0 Å². The van der Waals surface area contributed by atoms with E-state index in [0.717, 1.165) is 5.56 Å². The Labute approximate surface area is 155 Å². The van der Waals surface area contributed by atoms with Crippen molar-refractivity contribution in [2.75, 3.05) is 11.9 Å². The number of carbonyl (C=O) groups excluding carboxylic acids is 1. The average Bonchev–Trinajstić information content (AvgIpc) is 2.95. The minimum absolute atomic E-state index is 0.0947. The first-order valence-corrected chi connectivity index (χ1v) is 8.81. The zero-order valence-corrected chi connectivity index (χ0v) is 15.3. The molecule has 0 aliphatic carbocycles. The summed E-state index contributed by atoms with van der Waals surface area (Å²) in [5, 5.41) is 8.61. The predicted octanol–water partition coefficient (Wildman–Crippen LogP) is 3.33. The second-order valence-corrected chi connectivity index (χ2v) is 6.96. The van der Waals surface area contributed by atoms with Gasteiger partial charge >= 0.3 is 0 Å². The highest BCUT2D eigenvalue weighted by Gasteiger charge is 2.22. The molecule has 1 unspecified atom stereocenters. The zero-order chi connectivity index (χ0) is 18.8. The molecule has 6 heteroatoms. The SMILES string of the molecule is [B]NC[C@H](C)c1ccc(C(C)Nc2cc3c(cc2F)CNC3=O)cc1C. The van der Waals surface area contributed by atoms with Gasteiger partial charge in [0.15, 0.2) is 7.98 Å². The first-order chi connectivity index (χ1) is 12.4. The van der Waals surface area contributed by atoms with E-state index < -0.39 is 0 Å². The van der Waals surface area contributed by atoms with Gasteiger partial charge in [-0.25, -0.2) is 4.39 Å². The summed E-state index contributed by atoms with van der Waals surface area (Å²) < 4.78 is 14.4. The third-order valence-electron chi connectivity index (χ3n) is 5.00. The predicted molar refractivity (Wildman–Crippen MR) is 103 cm³/mol. The Balaban J connectivity index is 1.80. The molecule has 1 aliphatic heterocycles. The Morgan fingerprint density at radius 2 is 2.04 bits per heavy atom. The van der Waals surface area contributed by atoms with E-state index in [1.807, 2.05) is 13.0 Å². The molecular weight excluding hydrogens is 328 g/mol. The van der Waals surface area contributed by atoms with E-state index in [2.05, 4.69) is 41.8 Å². The summed E-state index contributed by atoms with van der Waals surface area (Å²) in [6, 6.07) is 9.18. The van der Waals surface area contributed by atoms with Crippen LogP contribution in [0.5, 0.6) is 0 Å². The van der Waals surface area contributed by atoms with E-state index in [1.165, 1.54) is 17.2 Å². The van der Waals surface area contributed by atoms with Crippen molar-refractivity contribution < 1.29 is 9.18 Å². The van der Waals surface area contributed by atoms with Gasteiger partial charge in [-0.05, 0) is 60.7 Å². The molecule has 0 saturated heterocycles. The Morgan fingerprint density at radius 3 is 2.73 bits per heavy atom. The third-order valence-corrected chi connectivity index (χ3v) is 5.00. The topological polar surface area (TPSA) is 53.2 Å². The lowest BCUT2D eigenvalue weighted by Gasteiger charge is -2.20. The van der Waals surface area contributed by atoms with Crippen LogP contribution >= 0.6 is 0 Å². The molecule has 0 fully saturated rings. The van der Waals surface area contributed by atoms with Crippen molar-refractivity contribution in [3.05, 3.63) is 64.0 Å². The van der Waals surface area contributed by atoms with E-state index in [9.17, 15) is 9.18 Å². The van der Waals surface area contributed by atoms with Crippen molar-refractivity contribution in [3.63, 3.8) is 0 Å². The van der Waals surface area contributed by atoms with Crippen LogP contribution in [0.15, 0.2) is 30.3 Å². The molecule has 3 N–H and O–H groups in total. The molecular formula is C20H23BFN3O. The molecule has 134 valence electrons. The Morgan fingerprint density at radius 1 is 1.27 bits per heavy atom. The summed E-state index contributed by atoms with van der Waals surface area (Å²) in [4.78, 5) is 11.8. The maximum atomic E-state index is 14.4. The lowest BCUT2D eigenvalue weighted by Crippen LogP contribution is -2.17. The molecule has 2 aromatic rings. The minimum atomic E-state index is -0.344. The molecule has 4 nitrogen and oxygen atoms in total. The van der Waals surface area contributed by atoms with Crippen LogP contribution < -0.4 is 15.9 Å². The van der Waals surface area contributed by atoms with Gasteiger partial charge in [0.1, 0.15) is 5.82 Å². The molecule has 0 spiro atoms. The molecule has 2 atom stereocenters. The quantitative estimate of drug-likeness (QED) is 0.700. The fraction of sp³-hybridized carbons (Fsp3) is 0.350. The molecule has 1 heterocycles. The van der Waals surface area contributed by atoms with Crippen molar-refractivity contribution in [2.24, 2.45) is 0 Å². The maximum absolute atomic E-state index is 14.4. The van der Waals surface area contributed by atoms with Gasteiger partial charge in [-0.3, -0.25) is 4.79 Å². The van der Waals surface area contributed by atoms with Gasteiger partial charge < -0.3 is 15.9 Å². The van der Waals surface area contributed by atoms with Crippen LogP contribution in [0.2, 0.25) is 0 Å². The smallest absolute Gasteiger partial charge is 0.251 e. The lowest BCUT2D eigenvalue weighted by atomic mass is 9.93. The van der Waals surface area contributed by atoms with Crippen molar-refractivity contribution >= 4 is 19.6 Å². The standard InChI is InChI=1S/C20H23BFN3O/c1-11-6-14(4-5-16(11)12(2)9-24-21)13(3)25-19-8-17-15(7-18(19)22)10-23-20(17)26/h4-8,12-13,24-25H,9-10H2,1-3H3,(H,23,26)/t12-,13?/m0/s1. The van der Waals surface area contributed by atoms with E-state index in [1.54, 1.807) is 6.07 Å². The second-order valence-electron chi connectivity index (χ2n) is 6.96. The monoisotopic (exact) mass is 351 g/mol. The first-order valence-electron chi connectivity index (χ1n) is 8.81. The lowest BCUT2D eigenvalue weighted by molar-refractivity contribution is 0.0966. The summed E-state index contributed by atoms with van der Waals surface area (Å²) in [6.45, 7) is 7.26. The molecule has 0 bridgehead atoms. The van der Waals surface area contributed by atoms with Crippen molar-refractivity contribution in [1.82, 2.24) is 10.5 Å². The van der Waals surface area contributed by atoms with Gasteiger partial charge in [0, 0.05) is 18.2 Å². The van der Waals surface area contributed by atoms with Crippen molar-refractivity contribution in [3.8, 4) is 0 Å². The molecule has 3 rings (SSSR count). The number of rotatable bonds is 6. The van der Waals surface area contributed by atoms with Crippen LogP contribution in [0.4, 0.5) is 10.1 Å². The van der Waals surface area contributed by atoms with Gasteiger partial charge in [-0.15, -0.1) is 0 Å². The largest absolute Gasteiger partial charge is 0.376 e. The first kappa shape index (κ1) is 18.5. The van der Waals surface area contributed by atoms with E-state index >= 15 is 0 Å². The maximum Gasteiger partial charge on any atom is 0.251 e. The summed E-state index contributed by atoms with van der Waals surface area (Å²) >= 11 is 0. The average molecular weight is 351 g/mol. The minimum Gasteiger partial charge on any atom is -0.376 e. The Kier molecular flexibility index (Phi) is 5.32. The van der Waals surface area contributed by atoms with Crippen LogP contribution in [-0.4, -0.2) is 20.4 Å². The van der Waals surface area contributed by atoms with Crippen molar-refractivity contribution in [2.45, 2.75) is 39.3 Å². The number of fused-ring (bicyclic) bond motifs is 1. The molecule has 26 heavy (non-hydrogen) atoms. The molecule has 0 saturated carbocycles. The Bertz CT molecular complexity index is 840. The molecule has 0 aromatic heterocycles. The highest BCUT2D eigenvalue weighted by atomic mass is 19.1. The van der Waals surface area contributed by atoms with Gasteiger partial charge in [-0.2, -0.15) is 0 Å². The fourth-order valence-electron chi connectivity index (χ4n) is 3.48. The van der Waals surface area contributed by atoms with Crippen LogP contribution in [0.1, 0.15) is 58.4 Å². The van der Waals surface area contributed by atoms with Crippen LogP contribution in [0.25, 0.3) is 0 Å². The molecule has 1 amide bonds. The zero-order valence-electron chi connectivity index (χ0n) is 15.3. The number of carbonyl (C=O) groups is 1. The highest BCUT2D eigenvalue weighted by molar-refractivity contribution is 6.04. The number of hydrogen-bond acceptors (Lipinski definition) is 3. The van der Waals surface area contributed by atoms with Gasteiger partial charge in [0.2, 0.25) is 0 Å². The summed E-state index contributed by atoms with van der Waals surface area (Å²) in [5.41, 5.74) is 5.05. The van der Waals surface area contributed by atoms with E-state index in [-0.39, 0.29) is 17.8 Å². The number of halogens is 1. The number of benzene rings is 2. The molecule has 2 radical (unpaired) electrons. The highest BCUT2D eigenvalue weighted by Crippen LogP contribution is 2.29. The summed E-state index contributed by atoms with van der Waals surface area (Å²) in [5.74, 6) is -0.188. The number of aryl methyl sites for hydroxylation is 1. The number of nitrogens with one attached hydrogen (secondary N) is 3. The van der Waals surface area contributed by atoms with Crippen molar-refractivity contribution in [1.29, 1.82) is 0 Å². The summed E-state index contributed by atoms with van der Waals surface area (Å²) in [7, 11) is 5.42. The van der Waals surface area contributed by atoms with Crippen LogP contribution in [0, 0.1) is 12.7 Å². The summed E-state index contributed by atoms with van der Waals surface area (Å²) in [6.07, 6.45) is 0. The fourth-order valence-corrected chi connectivity index (χ4v) is 3.48. The number of anilines is 1. The van der Waals surface area contributed by atoms with Gasteiger partial charge in [0.05, 0.1) is 5.69 Å². The number of amides is 1. The van der Waals surface area contributed by atoms with Crippen LogP contribution in [-0.2, 0) is 6.54 Å². The third kappa shape index (κ3) is 3.60. The van der Waals surface area contributed by atoms with Gasteiger partial charge in [-0.1, -0.05) is 25.1 Å². The van der Waals surface area contributed by atoms with E-state index in [4.69, 9.17) is 7.98 Å². The molecule has 2 aromatic carbocycles. The Hall–Kier alpha value is -2.34. The second kappa shape index (κ2) is 7.50. The molecule has 1 aliphatic rings. The van der Waals surface area contributed by atoms with E-state index in [0.29, 0.717) is 35.8 Å².